The van der Waals surface area contributed by atoms with E-state index in [1.807, 2.05) is 6.07 Å². The van der Waals surface area contributed by atoms with Crippen molar-refractivity contribution in [3.05, 3.63) is 23.8 Å². The molecule has 0 bridgehead atoms. The molecule has 0 atom stereocenters. The van der Waals surface area contributed by atoms with Crippen LogP contribution in [0.1, 0.15) is 16.8 Å². The minimum absolute atomic E-state index is 0.0360. The number of carbonyl (C=O) groups excluding carboxylic acids is 1. The summed E-state index contributed by atoms with van der Waals surface area (Å²) in [6, 6.07) is 5.50. The van der Waals surface area contributed by atoms with Crippen molar-refractivity contribution in [2.24, 2.45) is 0 Å². The monoisotopic (exact) mass is 263 g/mol. The van der Waals surface area contributed by atoms with Gasteiger partial charge in [0.15, 0.2) is 5.78 Å². The molecule has 1 aromatic rings. The van der Waals surface area contributed by atoms with Crippen LogP contribution in [-0.4, -0.2) is 50.5 Å². The first-order chi connectivity index (χ1) is 9.15. The molecule has 1 saturated heterocycles. The summed E-state index contributed by atoms with van der Waals surface area (Å²) in [6.07, 6.45) is 0.261. The maximum Gasteiger partial charge on any atom is 0.166 e. The van der Waals surface area contributed by atoms with Gasteiger partial charge in [0.05, 0.1) is 12.2 Å². The van der Waals surface area contributed by atoms with Gasteiger partial charge in [0.1, 0.15) is 0 Å². The highest BCUT2D eigenvalue weighted by atomic mass is 19.2. The van der Waals surface area contributed by atoms with E-state index in [1.54, 1.807) is 12.1 Å². The molecule has 0 aromatic heterocycles. The van der Waals surface area contributed by atoms with Gasteiger partial charge in [-0.05, 0) is 25.2 Å². The molecule has 1 fully saturated rings. The first-order valence-corrected chi connectivity index (χ1v) is 6.69. The van der Waals surface area contributed by atoms with Crippen molar-refractivity contribution in [2.45, 2.75) is 6.42 Å². The third kappa shape index (κ3) is 2.30. The Labute approximate surface area is 112 Å². The Morgan fingerprint density at radius 3 is 2.58 bits per heavy atom. The van der Waals surface area contributed by atoms with Crippen molar-refractivity contribution in [2.75, 3.05) is 49.8 Å². The number of benzene rings is 1. The molecule has 4 nitrogen and oxygen atoms in total. The molecule has 3 rings (SSSR count). The fraction of sp³-hybridized carbons (Fsp3) is 0.500. The number of hydrogen-bond donors (Lipinski definition) is 0. The minimum Gasteiger partial charge on any atom is -0.369 e. The summed E-state index contributed by atoms with van der Waals surface area (Å²) in [5, 5.41) is 0.691. The molecule has 0 radical (unpaired) electrons. The molecule has 2 heterocycles. The van der Waals surface area contributed by atoms with Gasteiger partial charge >= 0.3 is 0 Å². The number of nitrogens with zero attached hydrogens (tertiary/aromatic N) is 3. The fourth-order valence-corrected chi connectivity index (χ4v) is 2.67. The van der Waals surface area contributed by atoms with Crippen LogP contribution in [0.2, 0.25) is 0 Å². The molecule has 0 aliphatic carbocycles. The average molecular weight is 263 g/mol. The SMILES string of the molecule is CN1CCN(c2ccc3c(c2)N(F)CCC3=O)CC1. The van der Waals surface area contributed by atoms with Gasteiger partial charge in [-0.15, -0.1) is 0 Å². The highest BCUT2D eigenvalue weighted by molar-refractivity contribution is 6.03. The van der Waals surface area contributed by atoms with Crippen LogP contribution in [0.5, 0.6) is 0 Å². The number of hydrogen-bond acceptors (Lipinski definition) is 4. The summed E-state index contributed by atoms with van der Waals surface area (Å²) >= 11 is 0. The third-order valence-electron chi connectivity index (χ3n) is 3.95. The van der Waals surface area contributed by atoms with Crippen LogP contribution >= 0.6 is 0 Å². The molecular formula is C14H18FN3O. The van der Waals surface area contributed by atoms with Crippen LogP contribution in [0.25, 0.3) is 0 Å². The molecule has 0 saturated carbocycles. The lowest BCUT2D eigenvalue weighted by molar-refractivity contribution is 0.0973. The fourth-order valence-electron chi connectivity index (χ4n) is 2.67. The molecule has 0 amide bonds. The summed E-state index contributed by atoms with van der Waals surface area (Å²) < 4.78 is 13.8. The number of Topliss-reactive ketones (excluding diaryl/α,β-unsaturated/α-hetero) is 1. The molecule has 2 aliphatic rings. The van der Waals surface area contributed by atoms with Crippen LogP contribution < -0.4 is 10.0 Å². The number of anilines is 2. The molecule has 0 spiro atoms. The number of carbonyl (C=O) groups is 1. The van der Waals surface area contributed by atoms with Gasteiger partial charge in [-0.1, -0.05) is 4.48 Å². The molecule has 19 heavy (non-hydrogen) atoms. The number of fused-ring (bicyclic) bond motifs is 1. The number of piperazine rings is 1. The smallest absolute Gasteiger partial charge is 0.166 e. The number of ketones is 1. The standard InChI is InChI=1S/C14H18FN3O/c1-16-6-8-17(9-7-16)11-2-3-12-13(10-11)18(15)5-4-14(12)19/h2-3,10H,4-9H2,1H3. The van der Waals surface area contributed by atoms with E-state index in [4.69, 9.17) is 0 Å². The number of halogens is 1. The van der Waals surface area contributed by atoms with Crippen molar-refractivity contribution in [1.29, 1.82) is 0 Å². The van der Waals surface area contributed by atoms with Crippen LogP contribution in [0.3, 0.4) is 0 Å². The Morgan fingerprint density at radius 2 is 1.84 bits per heavy atom. The van der Waals surface area contributed by atoms with Crippen LogP contribution in [0.15, 0.2) is 18.2 Å². The second-order valence-corrected chi connectivity index (χ2v) is 5.25. The lowest BCUT2D eigenvalue weighted by Gasteiger charge is -2.35. The van der Waals surface area contributed by atoms with Gasteiger partial charge in [0.2, 0.25) is 0 Å². The van der Waals surface area contributed by atoms with Gasteiger partial charge in [-0.25, -0.2) is 5.12 Å². The maximum atomic E-state index is 13.8. The van der Waals surface area contributed by atoms with Crippen molar-refractivity contribution < 1.29 is 9.28 Å². The lowest BCUT2D eigenvalue weighted by atomic mass is 10.0. The lowest BCUT2D eigenvalue weighted by Crippen LogP contribution is -2.44. The average Bonchev–Trinajstić information content (AvgIpc) is 2.43. The van der Waals surface area contributed by atoms with Crippen molar-refractivity contribution in [1.82, 2.24) is 4.90 Å². The maximum absolute atomic E-state index is 13.8. The molecule has 2 aliphatic heterocycles. The largest absolute Gasteiger partial charge is 0.369 e. The second-order valence-electron chi connectivity index (χ2n) is 5.25. The molecule has 5 heteroatoms. The van der Waals surface area contributed by atoms with Gasteiger partial charge in [0, 0.05) is 43.9 Å². The van der Waals surface area contributed by atoms with Gasteiger partial charge in [0.25, 0.3) is 0 Å². The zero-order valence-electron chi connectivity index (χ0n) is 11.1. The second kappa shape index (κ2) is 4.81. The topological polar surface area (TPSA) is 26.8 Å². The third-order valence-corrected chi connectivity index (χ3v) is 3.95. The molecule has 0 N–H and O–H groups in total. The van der Waals surface area contributed by atoms with E-state index in [0.717, 1.165) is 31.9 Å². The van der Waals surface area contributed by atoms with E-state index in [2.05, 4.69) is 16.8 Å². The Kier molecular flexibility index (Phi) is 3.14. The molecule has 0 unspecified atom stereocenters. The zero-order chi connectivity index (χ0) is 13.4. The first kappa shape index (κ1) is 12.4. The Morgan fingerprint density at radius 1 is 1.11 bits per heavy atom. The van der Waals surface area contributed by atoms with Crippen LogP contribution in [-0.2, 0) is 0 Å². The van der Waals surface area contributed by atoms with Crippen molar-refractivity contribution >= 4 is 17.2 Å². The van der Waals surface area contributed by atoms with Gasteiger partial charge in [-0.3, -0.25) is 4.79 Å². The predicted molar refractivity (Wildman–Crippen MR) is 73.6 cm³/mol. The Bertz CT molecular complexity index is 497. The molecule has 1 aromatic carbocycles. The van der Waals surface area contributed by atoms with E-state index in [0.29, 0.717) is 16.4 Å². The zero-order valence-corrected chi connectivity index (χ0v) is 11.1. The Balaban J connectivity index is 1.88. The summed E-state index contributed by atoms with van der Waals surface area (Å²) in [5.41, 5.74) is 1.93. The van der Waals surface area contributed by atoms with E-state index >= 15 is 0 Å². The summed E-state index contributed by atoms with van der Waals surface area (Å²) in [6.45, 7) is 4.06. The molecule has 102 valence electrons. The highest BCUT2D eigenvalue weighted by Gasteiger charge is 2.24. The van der Waals surface area contributed by atoms with Gasteiger partial charge in [-0.2, -0.15) is 0 Å². The van der Waals surface area contributed by atoms with E-state index in [1.165, 1.54) is 0 Å². The number of likely N-dealkylation sites (N-methyl/N-ethyl adjacent to an activating group) is 1. The Hall–Kier alpha value is -1.62. The number of rotatable bonds is 1. The van der Waals surface area contributed by atoms with Crippen molar-refractivity contribution in [3.63, 3.8) is 0 Å². The van der Waals surface area contributed by atoms with Gasteiger partial charge < -0.3 is 9.80 Å². The highest BCUT2D eigenvalue weighted by Crippen LogP contribution is 2.31. The predicted octanol–water partition coefficient (Wildman–Crippen LogP) is 1.72. The summed E-state index contributed by atoms with van der Waals surface area (Å²) in [4.78, 5) is 16.3. The molecular weight excluding hydrogens is 245 g/mol. The minimum atomic E-state index is 0.0360. The first-order valence-electron chi connectivity index (χ1n) is 6.69. The normalized spacial score (nSPS) is 20.6. The summed E-state index contributed by atoms with van der Waals surface area (Å²) in [7, 11) is 2.10. The van der Waals surface area contributed by atoms with E-state index < -0.39 is 0 Å². The van der Waals surface area contributed by atoms with Crippen LogP contribution in [0, 0.1) is 0 Å². The van der Waals surface area contributed by atoms with Crippen molar-refractivity contribution in [3.8, 4) is 0 Å². The van der Waals surface area contributed by atoms with E-state index in [-0.39, 0.29) is 18.7 Å². The summed E-state index contributed by atoms with van der Waals surface area (Å²) in [5.74, 6) is 0.0360. The van der Waals surface area contributed by atoms with E-state index in [9.17, 15) is 9.28 Å². The quantitative estimate of drug-likeness (QED) is 0.721. The van der Waals surface area contributed by atoms with Crippen LogP contribution in [0.4, 0.5) is 15.9 Å².